The Morgan fingerprint density at radius 1 is 1.27 bits per heavy atom. The molecule has 1 aliphatic rings. The molecule has 6 heteroatoms. The first-order valence-electron chi connectivity index (χ1n) is 7.26. The van der Waals surface area contributed by atoms with E-state index in [1.807, 2.05) is 41.5 Å². The molecule has 2 amide bonds. The Balaban J connectivity index is 2.34. The summed E-state index contributed by atoms with van der Waals surface area (Å²) in [5.74, 6) is -0.454. The molecule has 0 fully saturated rings. The van der Waals surface area contributed by atoms with Crippen LogP contribution in [0.5, 0.6) is 0 Å². The number of anilines is 1. The van der Waals surface area contributed by atoms with Crippen LogP contribution in [0.1, 0.15) is 63.8 Å². The van der Waals surface area contributed by atoms with Crippen molar-refractivity contribution in [2.45, 2.75) is 53.3 Å². The molecule has 1 unspecified atom stereocenters. The van der Waals surface area contributed by atoms with Gasteiger partial charge in [-0.2, -0.15) is 0 Å². The minimum atomic E-state index is -1.05. The molecule has 1 aromatic heterocycles. The monoisotopic (exact) mass is 305 g/mol. The van der Waals surface area contributed by atoms with Gasteiger partial charge in [0.25, 0.3) is 5.91 Å². The summed E-state index contributed by atoms with van der Waals surface area (Å²) in [6, 6.07) is 1.61. The van der Waals surface area contributed by atoms with Gasteiger partial charge in [0, 0.05) is 16.5 Å². The van der Waals surface area contributed by atoms with Crippen LogP contribution >= 0.6 is 0 Å². The lowest BCUT2D eigenvalue weighted by molar-refractivity contribution is -0.123. The number of aliphatic hydroxyl groups excluding tert-OH is 1. The fourth-order valence-corrected chi connectivity index (χ4v) is 2.28. The maximum atomic E-state index is 12.4. The van der Waals surface area contributed by atoms with Gasteiger partial charge in [0.05, 0.1) is 11.9 Å². The molecule has 6 nitrogen and oxygen atoms in total. The average molecular weight is 305 g/mol. The van der Waals surface area contributed by atoms with E-state index in [1.54, 1.807) is 6.07 Å². The predicted octanol–water partition coefficient (Wildman–Crippen LogP) is 2.31. The highest BCUT2D eigenvalue weighted by Gasteiger charge is 2.42. The number of aliphatic hydroxyl groups is 1. The standard InChI is InChI=1S/C16H23N3O3/c1-15(2,3)14(22)18-9-7-10-11(17-8-9)13(21)19(12(10)20)16(4,5)6/h7-8,12,20H,1-6H3,(H,18,22). The van der Waals surface area contributed by atoms with E-state index in [1.165, 1.54) is 11.1 Å². The van der Waals surface area contributed by atoms with Crippen LogP contribution < -0.4 is 5.32 Å². The van der Waals surface area contributed by atoms with Gasteiger partial charge in [-0.25, -0.2) is 4.98 Å². The summed E-state index contributed by atoms with van der Waals surface area (Å²) in [4.78, 5) is 29.9. The summed E-state index contributed by atoms with van der Waals surface area (Å²) in [6.07, 6.45) is 0.390. The van der Waals surface area contributed by atoms with Gasteiger partial charge in [-0.3, -0.25) is 9.59 Å². The summed E-state index contributed by atoms with van der Waals surface area (Å²) in [5.41, 5.74) is 0.0702. The van der Waals surface area contributed by atoms with E-state index in [0.29, 0.717) is 11.3 Å². The van der Waals surface area contributed by atoms with Gasteiger partial charge in [0.2, 0.25) is 5.91 Å². The van der Waals surface area contributed by atoms with Gasteiger partial charge in [-0.1, -0.05) is 20.8 Å². The molecule has 1 aromatic rings. The van der Waals surface area contributed by atoms with Crippen LogP contribution in [0, 0.1) is 5.41 Å². The molecule has 2 heterocycles. The number of aromatic nitrogens is 1. The molecular formula is C16H23N3O3. The van der Waals surface area contributed by atoms with Crippen molar-refractivity contribution in [3.05, 3.63) is 23.5 Å². The number of amides is 2. The SMILES string of the molecule is CC(C)(C)C(=O)Nc1cnc2c(c1)C(O)N(C(C)(C)C)C2=O. The van der Waals surface area contributed by atoms with Gasteiger partial charge >= 0.3 is 0 Å². The number of hydrogen-bond acceptors (Lipinski definition) is 4. The van der Waals surface area contributed by atoms with E-state index in [-0.39, 0.29) is 17.5 Å². The number of carbonyl (C=O) groups is 2. The van der Waals surface area contributed by atoms with Crippen LogP contribution in [0.25, 0.3) is 0 Å². The average Bonchev–Trinajstić information content (AvgIpc) is 2.59. The van der Waals surface area contributed by atoms with E-state index in [9.17, 15) is 14.7 Å². The topological polar surface area (TPSA) is 82.5 Å². The van der Waals surface area contributed by atoms with Crippen molar-refractivity contribution in [2.24, 2.45) is 5.41 Å². The van der Waals surface area contributed by atoms with E-state index < -0.39 is 17.2 Å². The van der Waals surface area contributed by atoms with Gasteiger partial charge in [-0.05, 0) is 26.8 Å². The van der Waals surface area contributed by atoms with Gasteiger partial charge in [0.15, 0.2) is 6.23 Å². The normalized spacial score (nSPS) is 18.4. The first-order chi connectivity index (χ1) is 9.93. The maximum absolute atomic E-state index is 12.4. The molecular weight excluding hydrogens is 282 g/mol. The highest BCUT2D eigenvalue weighted by molar-refractivity contribution is 5.99. The van der Waals surface area contributed by atoms with Crippen LogP contribution in [0.3, 0.4) is 0 Å². The quantitative estimate of drug-likeness (QED) is 0.834. The van der Waals surface area contributed by atoms with Crippen LogP contribution in [0.15, 0.2) is 12.3 Å². The number of pyridine rings is 1. The Kier molecular flexibility index (Phi) is 3.77. The Labute approximate surface area is 130 Å². The van der Waals surface area contributed by atoms with Crippen molar-refractivity contribution in [2.75, 3.05) is 5.32 Å². The van der Waals surface area contributed by atoms with Crippen LogP contribution in [0.4, 0.5) is 5.69 Å². The van der Waals surface area contributed by atoms with E-state index in [0.717, 1.165) is 0 Å². The zero-order valence-corrected chi connectivity index (χ0v) is 13.9. The lowest BCUT2D eigenvalue weighted by Crippen LogP contribution is -2.43. The Morgan fingerprint density at radius 3 is 2.36 bits per heavy atom. The number of nitrogens with one attached hydrogen (secondary N) is 1. The number of carbonyl (C=O) groups excluding carboxylic acids is 2. The molecule has 0 bridgehead atoms. The molecule has 22 heavy (non-hydrogen) atoms. The minimum Gasteiger partial charge on any atom is -0.369 e. The molecule has 0 aliphatic carbocycles. The second kappa shape index (κ2) is 5.05. The second-order valence-electron chi connectivity index (χ2n) is 7.59. The third-order valence-corrected chi connectivity index (χ3v) is 3.52. The molecule has 0 aromatic carbocycles. The van der Waals surface area contributed by atoms with Crippen molar-refractivity contribution < 1.29 is 14.7 Å². The van der Waals surface area contributed by atoms with E-state index >= 15 is 0 Å². The summed E-state index contributed by atoms with van der Waals surface area (Å²) in [6.45, 7) is 11.0. The zero-order valence-electron chi connectivity index (χ0n) is 13.9. The molecule has 0 saturated carbocycles. The Hall–Kier alpha value is -1.95. The number of fused-ring (bicyclic) bond motifs is 1. The molecule has 2 rings (SSSR count). The Bertz CT molecular complexity index is 627. The van der Waals surface area contributed by atoms with Crippen molar-refractivity contribution in [1.82, 2.24) is 9.88 Å². The highest BCUT2D eigenvalue weighted by atomic mass is 16.3. The van der Waals surface area contributed by atoms with Crippen molar-refractivity contribution in [1.29, 1.82) is 0 Å². The van der Waals surface area contributed by atoms with Gasteiger partial charge in [0.1, 0.15) is 5.69 Å². The van der Waals surface area contributed by atoms with E-state index in [2.05, 4.69) is 10.3 Å². The number of hydrogen-bond donors (Lipinski definition) is 2. The van der Waals surface area contributed by atoms with Crippen molar-refractivity contribution in [3.63, 3.8) is 0 Å². The summed E-state index contributed by atoms with van der Waals surface area (Å²) in [5, 5.41) is 13.2. The number of nitrogens with zero attached hydrogens (tertiary/aromatic N) is 2. The molecule has 120 valence electrons. The molecule has 1 atom stereocenters. The lowest BCUT2D eigenvalue weighted by Gasteiger charge is -2.34. The van der Waals surface area contributed by atoms with Crippen LogP contribution in [-0.4, -0.2) is 32.3 Å². The fourth-order valence-electron chi connectivity index (χ4n) is 2.28. The smallest absolute Gasteiger partial charge is 0.275 e. The fraction of sp³-hybridized carbons (Fsp3) is 0.562. The van der Waals surface area contributed by atoms with Crippen molar-refractivity contribution in [3.8, 4) is 0 Å². The molecule has 2 N–H and O–H groups in total. The summed E-state index contributed by atoms with van der Waals surface area (Å²) < 4.78 is 0. The third-order valence-electron chi connectivity index (χ3n) is 3.52. The largest absolute Gasteiger partial charge is 0.369 e. The van der Waals surface area contributed by atoms with Gasteiger partial charge < -0.3 is 15.3 Å². The first kappa shape index (κ1) is 16.4. The molecule has 0 saturated heterocycles. The van der Waals surface area contributed by atoms with Gasteiger partial charge in [-0.15, -0.1) is 0 Å². The number of rotatable bonds is 1. The first-order valence-corrected chi connectivity index (χ1v) is 7.26. The molecule has 0 radical (unpaired) electrons. The third kappa shape index (κ3) is 2.83. The Morgan fingerprint density at radius 2 is 1.86 bits per heavy atom. The van der Waals surface area contributed by atoms with E-state index in [4.69, 9.17) is 0 Å². The summed E-state index contributed by atoms with van der Waals surface area (Å²) in [7, 11) is 0. The predicted molar refractivity (Wildman–Crippen MR) is 83.2 cm³/mol. The summed E-state index contributed by atoms with van der Waals surface area (Å²) >= 11 is 0. The molecule has 0 spiro atoms. The maximum Gasteiger partial charge on any atom is 0.275 e. The minimum absolute atomic E-state index is 0.152. The van der Waals surface area contributed by atoms with Crippen LogP contribution in [0.2, 0.25) is 0 Å². The van der Waals surface area contributed by atoms with Crippen LogP contribution in [-0.2, 0) is 4.79 Å². The molecule has 1 aliphatic heterocycles. The highest BCUT2D eigenvalue weighted by Crippen LogP contribution is 2.37. The van der Waals surface area contributed by atoms with Crippen molar-refractivity contribution >= 4 is 17.5 Å². The lowest BCUT2D eigenvalue weighted by atomic mass is 9.95. The zero-order chi connectivity index (χ0) is 16.9. The second-order valence-corrected chi connectivity index (χ2v) is 7.59.